The van der Waals surface area contributed by atoms with Crippen molar-refractivity contribution in [3.8, 4) is 0 Å². The summed E-state index contributed by atoms with van der Waals surface area (Å²) in [5.74, 6) is -0.443. The molecule has 0 spiro atoms. The molecule has 3 rings (SSSR count). The van der Waals surface area contributed by atoms with Crippen molar-refractivity contribution in [1.82, 2.24) is 4.98 Å². The number of carbonyl (C=O) groups is 2. The van der Waals surface area contributed by atoms with E-state index in [1.54, 1.807) is 24.5 Å². The number of aromatic nitrogens is 1. The molecule has 0 saturated heterocycles. The lowest BCUT2D eigenvalue weighted by molar-refractivity contribution is 0.00695. The second-order valence-electron chi connectivity index (χ2n) is 7.16. The standard InChI is InChI=1S/C21H21NO3/c1-21(2,3)25-20(24)17-9-7-15-6-8-16(19(23)18(15)12-17)11-14-5-4-10-22-13-14/h4-5,7,9-13H,6,8H2,1-3H3/b16-11+. The van der Waals surface area contributed by atoms with E-state index >= 15 is 0 Å². The van der Waals surface area contributed by atoms with Crippen LogP contribution in [0.25, 0.3) is 6.08 Å². The van der Waals surface area contributed by atoms with Gasteiger partial charge in [0.05, 0.1) is 5.56 Å². The van der Waals surface area contributed by atoms with E-state index in [1.165, 1.54) is 0 Å². The van der Waals surface area contributed by atoms with Gasteiger partial charge in [-0.3, -0.25) is 9.78 Å². The number of pyridine rings is 1. The van der Waals surface area contributed by atoms with E-state index in [0.717, 1.165) is 23.1 Å². The summed E-state index contributed by atoms with van der Waals surface area (Å²) < 4.78 is 5.40. The Kier molecular flexibility index (Phi) is 4.53. The van der Waals surface area contributed by atoms with Gasteiger partial charge in [-0.1, -0.05) is 12.1 Å². The Balaban J connectivity index is 1.91. The number of hydrogen-bond donors (Lipinski definition) is 0. The summed E-state index contributed by atoms with van der Waals surface area (Å²) in [6.07, 6.45) is 6.77. The predicted octanol–water partition coefficient (Wildman–Crippen LogP) is 4.25. The monoisotopic (exact) mass is 335 g/mol. The summed E-state index contributed by atoms with van der Waals surface area (Å²) in [5.41, 5.74) is 3.04. The van der Waals surface area contributed by atoms with Gasteiger partial charge >= 0.3 is 5.97 Å². The Labute approximate surface area is 147 Å². The summed E-state index contributed by atoms with van der Waals surface area (Å²) in [6, 6.07) is 9.00. The Morgan fingerprint density at radius 2 is 2.00 bits per heavy atom. The van der Waals surface area contributed by atoms with Crippen molar-refractivity contribution < 1.29 is 14.3 Å². The van der Waals surface area contributed by atoms with E-state index in [9.17, 15) is 9.59 Å². The van der Waals surface area contributed by atoms with Gasteiger partial charge in [-0.2, -0.15) is 0 Å². The molecule has 0 unspecified atom stereocenters. The minimum atomic E-state index is -0.567. The second kappa shape index (κ2) is 6.63. The van der Waals surface area contributed by atoms with Gasteiger partial charge in [-0.05, 0) is 69.0 Å². The number of rotatable bonds is 2. The fourth-order valence-electron chi connectivity index (χ4n) is 2.83. The Morgan fingerprint density at radius 1 is 1.20 bits per heavy atom. The highest BCUT2D eigenvalue weighted by Gasteiger charge is 2.25. The zero-order valence-electron chi connectivity index (χ0n) is 14.7. The van der Waals surface area contributed by atoms with Crippen LogP contribution in [0, 0.1) is 0 Å². The van der Waals surface area contributed by atoms with E-state index in [2.05, 4.69) is 4.98 Å². The number of fused-ring (bicyclic) bond motifs is 1. The van der Waals surface area contributed by atoms with Crippen molar-refractivity contribution in [3.63, 3.8) is 0 Å². The Hall–Kier alpha value is -2.75. The predicted molar refractivity (Wildman–Crippen MR) is 96.5 cm³/mol. The first-order valence-electron chi connectivity index (χ1n) is 8.35. The number of carbonyl (C=O) groups excluding carboxylic acids is 2. The molecule has 0 amide bonds. The maximum Gasteiger partial charge on any atom is 0.338 e. The average Bonchev–Trinajstić information content (AvgIpc) is 2.57. The molecule has 0 fully saturated rings. The SMILES string of the molecule is CC(C)(C)OC(=O)c1ccc2c(c1)C(=O)/C(=C/c1cccnc1)CC2. The normalized spacial score (nSPS) is 15.8. The molecule has 25 heavy (non-hydrogen) atoms. The van der Waals surface area contributed by atoms with Crippen LogP contribution in [0.5, 0.6) is 0 Å². The molecule has 4 nitrogen and oxygen atoms in total. The molecule has 0 atom stereocenters. The minimum Gasteiger partial charge on any atom is -0.456 e. The summed E-state index contributed by atoms with van der Waals surface area (Å²) in [6.45, 7) is 5.47. The summed E-state index contributed by atoms with van der Waals surface area (Å²) >= 11 is 0. The number of benzene rings is 1. The minimum absolute atomic E-state index is 0.0319. The quantitative estimate of drug-likeness (QED) is 0.608. The van der Waals surface area contributed by atoms with Gasteiger partial charge < -0.3 is 4.74 Å². The maximum atomic E-state index is 12.8. The summed E-state index contributed by atoms with van der Waals surface area (Å²) in [5, 5.41) is 0. The van der Waals surface area contributed by atoms with Crippen LogP contribution in [-0.4, -0.2) is 22.3 Å². The number of Topliss-reactive ketones (excluding diaryl/α,β-unsaturated/α-hetero) is 1. The molecule has 0 saturated carbocycles. The highest BCUT2D eigenvalue weighted by atomic mass is 16.6. The topological polar surface area (TPSA) is 56.3 Å². The molecule has 1 aliphatic rings. The Bertz CT molecular complexity index is 845. The van der Waals surface area contributed by atoms with Crippen LogP contribution in [0.1, 0.15) is 59.0 Å². The summed E-state index contributed by atoms with van der Waals surface area (Å²) in [7, 11) is 0. The highest BCUT2D eigenvalue weighted by molar-refractivity contribution is 6.14. The van der Waals surface area contributed by atoms with Gasteiger partial charge in [0, 0.05) is 23.5 Å². The number of nitrogens with zero attached hydrogens (tertiary/aromatic N) is 1. The van der Waals surface area contributed by atoms with Crippen molar-refractivity contribution in [2.75, 3.05) is 0 Å². The van der Waals surface area contributed by atoms with Crippen LogP contribution in [0.4, 0.5) is 0 Å². The van der Waals surface area contributed by atoms with Crippen molar-refractivity contribution in [2.45, 2.75) is 39.2 Å². The van der Waals surface area contributed by atoms with Crippen LogP contribution in [0.15, 0.2) is 48.3 Å². The van der Waals surface area contributed by atoms with Gasteiger partial charge in [0.15, 0.2) is 5.78 Å². The van der Waals surface area contributed by atoms with Gasteiger partial charge in [0.25, 0.3) is 0 Å². The van der Waals surface area contributed by atoms with Gasteiger partial charge in [0.2, 0.25) is 0 Å². The lowest BCUT2D eigenvalue weighted by Crippen LogP contribution is -2.24. The molecule has 1 aromatic heterocycles. The lowest BCUT2D eigenvalue weighted by Gasteiger charge is -2.21. The molecule has 0 aliphatic heterocycles. The third-order valence-corrected chi connectivity index (χ3v) is 3.97. The largest absolute Gasteiger partial charge is 0.456 e. The molecule has 1 aliphatic carbocycles. The molecule has 1 heterocycles. The number of allylic oxidation sites excluding steroid dienone is 1. The molecule has 0 radical (unpaired) electrons. The summed E-state index contributed by atoms with van der Waals surface area (Å²) in [4.78, 5) is 29.2. The lowest BCUT2D eigenvalue weighted by atomic mass is 9.85. The zero-order chi connectivity index (χ0) is 18.0. The fraction of sp³-hybridized carbons (Fsp3) is 0.286. The molecular weight excluding hydrogens is 314 g/mol. The van der Waals surface area contributed by atoms with Crippen molar-refractivity contribution in [1.29, 1.82) is 0 Å². The third kappa shape index (κ3) is 4.02. The molecule has 0 bridgehead atoms. The van der Waals surface area contributed by atoms with Crippen LogP contribution < -0.4 is 0 Å². The number of hydrogen-bond acceptors (Lipinski definition) is 4. The van der Waals surface area contributed by atoms with Crippen molar-refractivity contribution in [3.05, 3.63) is 70.6 Å². The van der Waals surface area contributed by atoms with E-state index in [4.69, 9.17) is 4.74 Å². The number of esters is 1. The van der Waals surface area contributed by atoms with Gasteiger partial charge in [0.1, 0.15) is 5.60 Å². The van der Waals surface area contributed by atoms with Crippen LogP contribution >= 0.6 is 0 Å². The third-order valence-electron chi connectivity index (χ3n) is 3.97. The molecule has 0 N–H and O–H groups in total. The number of ketones is 1. The first kappa shape index (κ1) is 17.1. The van der Waals surface area contributed by atoms with Crippen molar-refractivity contribution in [2.24, 2.45) is 0 Å². The molecular formula is C21H21NO3. The fourth-order valence-corrected chi connectivity index (χ4v) is 2.83. The average molecular weight is 335 g/mol. The number of aryl methyl sites for hydroxylation is 1. The van der Waals surface area contributed by atoms with E-state index < -0.39 is 11.6 Å². The molecule has 2 aromatic rings. The van der Waals surface area contributed by atoms with E-state index in [0.29, 0.717) is 17.5 Å². The first-order valence-corrected chi connectivity index (χ1v) is 8.35. The molecule has 1 aromatic carbocycles. The highest BCUT2D eigenvalue weighted by Crippen LogP contribution is 2.28. The Morgan fingerprint density at radius 3 is 2.68 bits per heavy atom. The molecule has 128 valence electrons. The first-order chi connectivity index (χ1) is 11.8. The van der Waals surface area contributed by atoms with Gasteiger partial charge in [-0.25, -0.2) is 4.79 Å². The second-order valence-corrected chi connectivity index (χ2v) is 7.16. The maximum absolute atomic E-state index is 12.8. The van der Waals surface area contributed by atoms with Crippen LogP contribution in [0.2, 0.25) is 0 Å². The van der Waals surface area contributed by atoms with Gasteiger partial charge in [-0.15, -0.1) is 0 Å². The van der Waals surface area contributed by atoms with E-state index in [-0.39, 0.29) is 5.78 Å². The smallest absolute Gasteiger partial charge is 0.338 e. The molecule has 4 heteroatoms. The van der Waals surface area contributed by atoms with Crippen LogP contribution in [-0.2, 0) is 11.2 Å². The van der Waals surface area contributed by atoms with E-state index in [1.807, 2.05) is 45.0 Å². The van der Waals surface area contributed by atoms with Crippen molar-refractivity contribution >= 4 is 17.8 Å². The zero-order valence-corrected chi connectivity index (χ0v) is 14.7. The van der Waals surface area contributed by atoms with Crippen LogP contribution in [0.3, 0.4) is 0 Å². The number of ether oxygens (including phenoxy) is 1.